The standard InChI is InChI=1S/C13H19N3O3/c1-3-9(2)12(14)13(19)16(8-11(17)18)10-5-4-6-15-7-10/h4-7,9,12H,3,8,14H2,1-2H3,(H,17,18)/t9-,12-/m0/s1. The maximum Gasteiger partial charge on any atom is 0.323 e. The topological polar surface area (TPSA) is 96.5 Å². The van der Waals surface area contributed by atoms with Crippen molar-refractivity contribution in [3.8, 4) is 0 Å². The van der Waals surface area contributed by atoms with Crippen LogP contribution in [0.2, 0.25) is 0 Å². The summed E-state index contributed by atoms with van der Waals surface area (Å²) in [6.07, 6.45) is 3.76. The third-order valence-corrected chi connectivity index (χ3v) is 3.06. The Bertz CT molecular complexity index is 436. The molecule has 104 valence electrons. The number of hydrogen-bond acceptors (Lipinski definition) is 4. The van der Waals surface area contributed by atoms with Crippen molar-refractivity contribution in [1.82, 2.24) is 4.98 Å². The first-order chi connectivity index (χ1) is 8.97. The molecular formula is C13H19N3O3. The van der Waals surface area contributed by atoms with Gasteiger partial charge < -0.3 is 10.8 Å². The second-order valence-electron chi connectivity index (χ2n) is 4.44. The van der Waals surface area contributed by atoms with Gasteiger partial charge in [-0.05, 0) is 18.1 Å². The second kappa shape index (κ2) is 6.84. The zero-order chi connectivity index (χ0) is 14.4. The summed E-state index contributed by atoms with van der Waals surface area (Å²) in [4.78, 5) is 28.2. The number of nitrogens with two attached hydrogens (primary N) is 1. The van der Waals surface area contributed by atoms with Crippen LogP contribution in [0.15, 0.2) is 24.5 Å². The minimum Gasteiger partial charge on any atom is -0.480 e. The summed E-state index contributed by atoms with van der Waals surface area (Å²) in [5, 5.41) is 8.92. The molecule has 1 heterocycles. The van der Waals surface area contributed by atoms with E-state index in [0.717, 1.165) is 11.3 Å². The fraction of sp³-hybridized carbons (Fsp3) is 0.462. The number of hydrogen-bond donors (Lipinski definition) is 2. The molecule has 0 aliphatic carbocycles. The van der Waals surface area contributed by atoms with E-state index >= 15 is 0 Å². The molecule has 0 radical (unpaired) electrons. The smallest absolute Gasteiger partial charge is 0.323 e. The second-order valence-corrected chi connectivity index (χ2v) is 4.44. The lowest BCUT2D eigenvalue weighted by molar-refractivity contribution is -0.137. The quantitative estimate of drug-likeness (QED) is 0.795. The molecular weight excluding hydrogens is 246 g/mol. The molecule has 0 saturated heterocycles. The van der Waals surface area contributed by atoms with Gasteiger partial charge in [0.15, 0.2) is 0 Å². The van der Waals surface area contributed by atoms with E-state index in [9.17, 15) is 9.59 Å². The molecule has 19 heavy (non-hydrogen) atoms. The summed E-state index contributed by atoms with van der Waals surface area (Å²) in [7, 11) is 0. The number of rotatable bonds is 6. The van der Waals surface area contributed by atoms with Crippen LogP contribution >= 0.6 is 0 Å². The van der Waals surface area contributed by atoms with E-state index in [0.29, 0.717) is 5.69 Å². The van der Waals surface area contributed by atoms with Gasteiger partial charge in [-0.2, -0.15) is 0 Å². The van der Waals surface area contributed by atoms with Gasteiger partial charge in [0.2, 0.25) is 5.91 Å². The number of pyridine rings is 1. The Morgan fingerprint density at radius 3 is 2.68 bits per heavy atom. The molecule has 0 aliphatic rings. The van der Waals surface area contributed by atoms with Gasteiger partial charge >= 0.3 is 5.97 Å². The SMILES string of the molecule is CC[C@H](C)[C@H](N)C(=O)N(CC(=O)O)c1cccnc1. The lowest BCUT2D eigenvalue weighted by Crippen LogP contribution is -2.49. The number of carboxylic acids is 1. The average molecular weight is 265 g/mol. The highest BCUT2D eigenvalue weighted by molar-refractivity contribution is 6.00. The minimum atomic E-state index is -1.09. The maximum absolute atomic E-state index is 12.3. The van der Waals surface area contributed by atoms with Gasteiger partial charge in [0.05, 0.1) is 17.9 Å². The molecule has 1 rings (SSSR count). The third kappa shape index (κ3) is 4.03. The van der Waals surface area contributed by atoms with Crippen LogP contribution < -0.4 is 10.6 Å². The zero-order valence-electron chi connectivity index (χ0n) is 11.1. The number of anilines is 1. The van der Waals surface area contributed by atoms with E-state index in [2.05, 4.69) is 4.98 Å². The molecule has 0 unspecified atom stereocenters. The average Bonchev–Trinajstić information content (AvgIpc) is 2.43. The van der Waals surface area contributed by atoms with Crippen LogP contribution in [0.5, 0.6) is 0 Å². The van der Waals surface area contributed by atoms with Crippen LogP contribution in [0.3, 0.4) is 0 Å². The fourth-order valence-corrected chi connectivity index (χ4v) is 1.62. The van der Waals surface area contributed by atoms with Gasteiger partial charge in [-0.15, -0.1) is 0 Å². The summed E-state index contributed by atoms with van der Waals surface area (Å²) in [5.74, 6) is -1.50. The number of carbonyl (C=O) groups excluding carboxylic acids is 1. The summed E-state index contributed by atoms with van der Waals surface area (Å²) >= 11 is 0. The number of amides is 1. The van der Waals surface area contributed by atoms with Crippen molar-refractivity contribution in [1.29, 1.82) is 0 Å². The molecule has 2 atom stereocenters. The normalized spacial score (nSPS) is 13.6. The van der Waals surface area contributed by atoms with E-state index in [1.54, 1.807) is 18.3 Å². The van der Waals surface area contributed by atoms with Crippen LogP contribution in [-0.4, -0.2) is 34.6 Å². The molecule has 6 nitrogen and oxygen atoms in total. The van der Waals surface area contributed by atoms with E-state index in [4.69, 9.17) is 10.8 Å². The third-order valence-electron chi connectivity index (χ3n) is 3.06. The number of aliphatic carboxylic acids is 1. The van der Waals surface area contributed by atoms with Crippen molar-refractivity contribution in [2.75, 3.05) is 11.4 Å². The van der Waals surface area contributed by atoms with Gasteiger partial charge in [0.1, 0.15) is 6.54 Å². The lowest BCUT2D eigenvalue weighted by Gasteiger charge is -2.26. The molecule has 0 saturated carbocycles. The van der Waals surface area contributed by atoms with Crippen molar-refractivity contribution < 1.29 is 14.7 Å². The summed E-state index contributed by atoms with van der Waals surface area (Å²) < 4.78 is 0. The summed E-state index contributed by atoms with van der Waals surface area (Å²) in [6.45, 7) is 3.38. The highest BCUT2D eigenvalue weighted by atomic mass is 16.4. The zero-order valence-corrected chi connectivity index (χ0v) is 11.1. The van der Waals surface area contributed by atoms with E-state index in [1.165, 1.54) is 6.20 Å². The number of carbonyl (C=O) groups is 2. The predicted molar refractivity (Wildman–Crippen MR) is 71.7 cm³/mol. The summed E-state index contributed by atoms with van der Waals surface area (Å²) in [6, 6.07) is 2.56. The Morgan fingerprint density at radius 1 is 1.53 bits per heavy atom. The van der Waals surface area contributed by atoms with Crippen LogP contribution in [-0.2, 0) is 9.59 Å². The number of nitrogens with zero attached hydrogens (tertiary/aromatic N) is 2. The Labute approximate surface area is 112 Å². The Hall–Kier alpha value is -1.95. The first-order valence-corrected chi connectivity index (χ1v) is 6.16. The van der Waals surface area contributed by atoms with E-state index < -0.39 is 24.5 Å². The molecule has 0 aromatic carbocycles. The fourth-order valence-electron chi connectivity index (χ4n) is 1.62. The van der Waals surface area contributed by atoms with Crippen molar-refractivity contribution in [2.45, 2.75) is 26.3 Å². The van der Waals surface area contributed by atoms with E-state index in [-0.39, 0.29) is 5.92 Å². The van der Waals surface area contributed by atoms with Gasteiger partial charge in [-0.3, -0.25) is 19.5 Å². The molecule has 1 amide bonds. The highest BCUT2D eigenvalue weighted by Gasteiger charge is 2.27. The Morgan fingerprint density at radius 2 is 2.21 bits per heavy atom. The van der Waals surface area contributed by atoms with E-state index in [1.807, 2.05) is 13.8 Å². The van der Waals surface area contributed by atoms with Crippen molar-refractivity contribution in [3.05, 3.63) is 24.5 Å². The van der Waals surface area contributed by atoms with Gasteiger partial charge in [-0.25, -0.2) is 0 Å². The largest absolute Gasteiger partial charge is 0.480 e. The van der Waals surface area contributed by atoms with Crippen LogP contribution in [0.1, 0.15) is 20.3 Å². The first kappa shape index (κ1) is 15.1. The monoisotopic (exact) mass is 265 g/mol. The van der Waals surface area contributed by atoms with Crippen molar-refractivity contribution >= 4 is 17.6 Å². The highest BCUT2D eigenvalue weighted by Crippen LogP contribution is 2.16. The molecule has 3 N–H and O–H groups in total. The van der Waals surface area contributed by atoms with Gasteiger partial charge in [-0.1, -0.05) is 20.3 Å². The summed E-state index contributed by atoms with van der Waals surface area (Å²) in [5.41, 5.74) is 6.32. The molecule has 1 aromatic heterocycles. The molecule has 0 fully saturated rings. The molecule has 0 bridgehead atoms. The molecule has 1 aromatic rings. The van der Waals surface area contributed by atoms with Gasteiger partial charge in [0, 0.05) is 6.20 Å². The van der Waals surface area contributed by atoms with Gasteiger partial charge in [0.25, 0.3) is 0 Å². The number of aromatic nitrogens is 1. The van der Waals surface area contributed by atoms with Crippen molar-refractivity contribution in [2.24, 2.45) is 11.7 Å². The first-order valence-electron chi connectivity index (χ1n) is 6.16. The molecule has 0 aliphatic heterocycles. The number of carboxylic acid groups (broad SMARTS) is 1. The molecule has 0 spiro atoms. The van der Waals surface area contributed by atoms with Crippen molar-refractivity contribution in [3.63, 3.8) is 0 Å². The lowest BCUT2D eigenvalue weighted by atomic mass is 9.98. The Kier molecular flexibility index (Phi) is 5.44. The Balaban J connectivity index is 2.98. The maximum atomic E-state index is 12.3. The minimum absolute atomic E-state index is 0.0135. The molecule has 6 heteroatoms. The van der Waals surface area contributed by atoms with Crippen LogP contribution in [0.4, 0.5) is 5.69 Å². The predicted octanol–water partition coefficient (Wildman–Crippen LogP) is 0.873. The van der Waals surface area contributed by atoms with Crippen LogP contribution in [0.25, 0.3) is 0 Å². The van der Waals surface area contributed by atoms with Crippen LogP contribution in [0, 0.1) is 5.92 Å².